The predicted octanol–water partition coefficient (Wildman–Crippen LogP) is 1.33. The minimum Gasteiger partial charge on any atom is -0.497 e. The molecular formula is C18H26N2O5. The van der Waals surface area contributed by atoms with Crippen LogP contribution in [-0.4, -0.2) is 51.0 Å². The molecule has 7 heteroatoms. The molecule has 25 heavy (non-hydrogen) atoms. The van der Waals surface area contributed by atoms with E-state index in [1.807, 2.05) is 13.8 Å². The van der Waals surface area contributed by atoms with E-state index in [9.17, 15) is 9.59 Å². The van der Waals surface area contributed by atoms with Crippen molar-refractivity contribution in [2.45, 2.75) is 26.1 Å². The Morgan fingerprint density at radius 2 is 2.00 bits per heavy atom. The Bertz CT molecular complexity index is 599. The third-order valence-electron chi connectivity index (χ3n) is 4.01. The molecule has 0 saturated carbocycles. The van der Waals surface area contributed by atoms with E-state index in [0.717, 1.165) is 0 Å². The van der Waals surface area contributed by atoms with Crippen LogP contribution in [0.15, 0.2) is 24.3 Å². The van der Waals surface area contributed by atoms with Gasteiger partial charge in [-0.05, 0) is 31.0 Å². The molecule has 0 aliphatic carbocycles. The summed E-state index contributed by atoms with van der Waals surface area (Å²) in [7, 11) is 1.54. The Hall–Kier alpha value is -2.12. The van der Waals surface area contributed by atoms with Gasteiger partial charge in [-0.2, -0.15) is 0 Å². The number of hydrogen-bond donors (Lipinski definition) is 2. The van der Waals surface area contributed by atoms with Gasteiger partial charge in [-0.25, -0.2) is 0 Å². The number of rotatable bonds is 8. The molecule has 0 unspecified atom stereocenters. The van der Waals surface area contributed by atoms with E-state index in [1.165, 1.54) is 7.11 Å². The topological polar surface area (TPSA) is 85.9 Å². The van der Waals surface area contributed by atoms with Gasteiger partial charge in [0.05, 0.1) is 26.9 Å². The lowest BCUT2D eigenvalue weighted by Crippen LogP contribution is -2.40. The number of nitrogens with one attached hydrogen (secondary N) is 2. The van der Waals surface area contributed by atoms with Crippen LogP contribution in [0.4, 0.5) is 0 Å². The molecule has 1 aromatic carbocycles. The zero-order valence-electron chi connectivity index (χ0n) is 15.0. The first-order valence-corrected chi connectivity index (χ1v) is 8.39. The van der Waals surface area contributed by atoms with E-state index in [2.05, 4.69) is 10.6 Å². The van der Waals surface area contributed by atoms with E-state index in [1.54, 1.807) is 24.3 Å². The highest BCUT2D eigenvalue weighted by atomic mass is 16.7. The lowest BCUT2D eigenvalue weighted by Gasteiger charge is -2.26. The zero-order valence-corrected chi connectivity index (χ0v) is 15.0. The molecule has 1 aliphatic heterocycles. The van der Waals surface area contributed by atoms with Crippen molar-refractivity contribution >= 4 is 11.8 Å². The Morgan fingerprint density at radius 1 is 1.28 bits per heavy atom. The minimum absolute atomic E-state index is 0.0764. The van der Waals surface area contributed by atoms with E-state index >= 15 is 0 Å². The van der Waals surface area contributed by atoms with Crippen LogP contribution in [0.2, 0.25) is 0 Å². The summed E-state index contributed by atoms with van der Waals surface area (Å²) in [5.41, 5.74) is 0.448. The van der Waals surface area contributed by atoms with Gasteiger partial charge < -0.3 is 24.8 Å². The van der Waals surface area contributed by atoms with Crippen LogP contribution in [0.3, 0.4) is 0 Å². The van der Waals surface area contributed by atoms with Gasteiger partial charge in [0, 0.05) is 18.5 Å². The summed E-state index contributed by atoms with van der Waals surface area (Å²) >= 11 is 0. The monoisotopic (exact) mass is 350 g/mol. The molecule has 1 atom stereocenters. The quantitative estimate of drug-likeness (QED) is 0.739. The Morgan fingerprint density at radius 3 is 2.68 bits per heavy atom. The van der Waals surface area contributed by atoms with Crippen LogP contribution < -0.4 is 15.4 Å². The molecule has 1 heterocycles. The van der Waals surface area contributed by atoms with Crippen LogP contribution in [-0.2, 0) is 14.3 Å². The Balaban J connectivity index is 1.70. The molecule has 7 nitrogen and oxygen atoms in total. The largest absolute Gasteiger partial charge is 0.497 e. The number of ether oxygens (including phenoxy) is 3. The second-order valence-corrected chi connectivity index (χ2v) is 6.36. The molecular weight excluding hydrogens is 324 g/mol. The number of amides is 2. The SMILES string of the molecule is COc1cccc(C(=O)NCC(=O)NC[C@@H](C)CC2(C)OCCO2)c1. The number of hydrogen-bond acceptors (Lipinski definition) is 5. The van der Waals surface area contributed by atoms with Crippen molar-refractivity contribution < 1.29 is 23.8 Å². The Labute approximate surface area is 148 Å². The second kappa shape index (κ2) is 8.82. The fourth-order valence-corrected chi connectivity index (χ4v) is 2.76. The molecule has 1 aliphatic rings. The Kier molecular flexibility index (Phi) is 6.78. The van der Waals surface area contributed by atoms with Crippen molar-refractivity contribution in [3.8, 4) is 5.75 Å². The summed E-state index contributed by atoms with van der Waals surface area (Å²) in [5.74, 6) is -0.328. The molecule has 0 radical (unpaired) electrons. The van der Waals surface area contributed by atoms with Crippen molar-refractivity contribution in [2.24, 2.45) is 5.92 Å². The van der Waals surface area contributed by atoms with Gasteiger partial charge in [-0.15, -0.1) is 0 Å². The molecule has 0 bridgehead atoms. The van der Waals surface area contributed by atoms with Crippen molar-refractivity contribution in [2.75, 3.05) is 33.4 Å². The summed E-state index contributed by atoms with van der Waals surface area (Å²) in [4.78, 5) is 24.0. The van der Waals surface area contributed by atoms with Crippen LogP contribution in [0.5, 0.6) is 5.75 Å². The maximum atomic E-state index is 12.0. The lowest BCUT2D eigenvalue weighted by atomic mass is 10.0. The number of methoxy groups -OCH3 is 1. The summed E-state index contributed by atoms with van der Waals surface area (Å²) in [6, 6.07) is 6.77. The third-order valence-corrected chi connectivity index (χ3v) is 4.01. The van der Waals surface area contributed by atoms with Gasteiger partial charge in [0.15, 0.2) is 5.79 Å². The first kappa shape index (κ1) is 19.2. The average Bonchev–Trinajstić information content (AvgIpc) is 3.03. The molecule has 0 spiro atoms. The van der Waals surface area contributed by atoms with E-state index < -0.39 is 5.79 Å². The first-order chi connectivity index (χ1) is 11.9. The zero-order chi connectivity index (χ0) is 18.3. The smallest absolute Gasteiger partial charge is 0.251 e. The summed E-state index contributed by atoms with van der Waals surface area (Å²) in [6.07, 6.45) is 0.698. The number of carbonyl (C=O) groups excluding carboxylic acids is 2. The normalized spacial score (nSPS) is 16.9. The predicted molar refractivity (Wildman–Crippen MR) is 92.4 cm³/mol. The molecule has 138 valence electrons. The van der Waals surface area contributed by atoms with Gasteiger partial charge >= 0.3 is 0 Å². The fourth-order valence-electron chi connectivity index (χ4n) is 2.76. The number of benzene rings is 1. The van der Waals surface area contributed by atoms with Crippen LogP contribution in [0, 0.1) is 5.92 Å². The third kappa shape index (κ3) is 6.03. The molecule has 2 N–H and O–H groups in total. The number of carbonyl (C=O) groups is 2. The fraction of sp³-hybridized carbons (Fsp3) is 0.556. The second-order valence-electron chi connectivity index (χ2n) is 6.36. The van der Waals surface area contributed by atoms with E-state index in [-0.39, 0.29) is 24.3 Å². The van der Waals surface area contributed by atoms with Crippen molar-refractivity contribution in [1.29, 1.82) is 0 Å². The van der Waals surface area contributed by atoms with Crippen molar-refractivity contribution in [1.82, 2.24) is 10.6 Å². The average molecular weight is 350 g/mol. The van der Waals surface area contributed by atoms with Gasteiger partial charge in [0.2, 0.25) is 5.91 Å². The maximum absolute atomic E-state index is 12.0. The first-order valence-electron chi connectivity index (χ1n) is 8.39. The highest BCUT2D eigenvalue weighted by Crippen LogP contribution is 2.26. The standard InChI is InChI=1S/C18H26N2O5/c1-13(10-18(2)24-7-8-25-18)11-19-16(21)12-20-17(22)14-5-4-6-15(9-14)23-3/h4-6,9,13H,7-8,10-12H2,1-3H3,(H,19,21)(H,20,22)/t13-/m0/s1. The van der Waals surface area contributed by atoms with Crippen LogP contribution >= 0.6 is 0 Å². The molecule has 1 aromatic rings. The van der Waals surface area contributed by atoms with Crippen LogP contribution in [0.1, 0.15) is 30.6 Å². The molecule has 0 aromatic heterocycles. The van der Waals surface area contributed by atoms with Crippen molar-refractivity contribution in [3.05, 3.63) is 29.8 Å². The molecule has 2 rings (SSSR count). The van der Waals surface area contributed by atoms with Gasteiger partial charge in [-0.3, -0.25) is 9.59 Å². The molecule has 1 saturated heterocycles. The minimum atomic E-state index is -0.565. The van der Waals surface area contributed by atoms with Gasteiger partial charge in [0.1, 0.15) is 5.75 Å². The van der Waals surface area contributed by atoms with E-state index in [0.29, 0.717) is 37.5 Å². The van der Waals surface area contributed by atoms with Crippen molar-refractivity contribution in [3.63, 3.8) is 0 Å². The summed E-state index contributed by atoms with van der Waals surface area (Å²) in [6.45, 7) is 5.55. The summed E-state index contributed by atoms with van der Waals surface area (Å²) < 4.78 is 16.2. The summed E-state index contributed by atoms with van der Waals surface area (Å²) in [5, 5.41) is 5.41. The van der Waals surface area contributed by atoms with Gasteiger partial charge in [0.25, 0.3) is 5.91 Å². The highest BCUT2D eigenvalue weighted by Gasteiger charge is 2.32. The van der Waals surface area contributed by atoms with Crippen LogP contribution in [0.25, 0.3) is 0 Å². The van der Waals surface area contributed by atoms with Gasteiger partial charge in [-0.1, -0.05) is 13.0 Å². The lowest BCUT2D eigenvalue weighted by molar-refractivity contribution is -0.154. The van der Waals surface area contributed by atoms with E-state index in [4.69, 9.17) is 14.2 Å². The maximum Gasteiger partial charge on any atom is 0.251 e. The highest BCUT2D eigenvalue weighted by molar-refractivity contribution is 5.96. The molecule has 2 amide bonds. The molecule has 1 fully saturated rings.